The number of pyridine rings is 1. The average molecular weight is 477 g/mol. The summed E-state index contributed by atoms with van der Waals surface area (Å²) in [5.41, 5.74) is 7.04. The van der Waals surface area contributed by atoms with E-state index >= 15 is 0 Å². The van der Waals surface area contributed by atoms with E-state index in [-0.39, 0.29) is 11.7 Å². The SMILES string of the molecule is C/C(=N/NC(=O)CSc1nnc(-c2ccc(Cl)cc2)n1-c1ccc(C)cc1)c1cccnc1. The monoisotopic (exact) mass is 476 g/mol. The average Bonchev–Trinajstić information content (AvgIpc) is 3.26. The van der Waals surface area contributed by atoms with Crippen LogP contribution in [0.25, 0.3) is 17.1 Å². The molecular formula is C24H21ClN6OS. The Balaban J connectivity index is 1.54. The zero-order valence-corrected chi connectivity index (χ0v) is 19.6. The molecule has 9 heteroatoms. The van der Waals surface area contributed by atoms with Crippen LogP contribution < -0.4 is 5.43 Å². The van der Waals surface area contributed by atoms with Crippen LogP contribution >= 0.6 is 23.4 Å². The fourth-order valence-corrected chi connectivity index (χ4v) is 3.90. The third-order valence-electron chi connectivity index (χ3n) is 4.79. The Bertz CT molecular complexity index is 1270. The number of halogens is 1. The molecular weight excluding hydrogens is 456 g/mol. The summed E-state index contributed by atoms with van der Waals surface area (Å²) in [6.07, 6.45) is 3.39. The van der Waals surface area contributed by atoms with Crippen LogP contribution in [0.1, 0.15) is 18.1 Å². The van der Waals surface area contributed by atoms with Crippen LogP contribution in [0, 0.1) is 6.92 Å². The van der Waals surface area contributed by atoms with Gasteiger partial charge in [0, 0.05) is 34.2 Å². The third kappa shape index (κ3) is 5.66. The molecule has 0 bridgehead atoms. The molecule has 2 aromatic carbocycles. The first-order valence-corrected chi connectivity index (χ1v) is 11.5. The predicted octanol–water partition coefficient (Wildman–Crippen LogP) is 4.92. The summed E-state index contributed by atoms with van der Waals surface area (Å²) in [4.78, 5) is 16.5. The van der Waals surface area contributed by atoms with E-state index in [1.54, 1.807) is 12.4 Å². The Hall–Kier alpha value is -3.49. The normalized spacial score (nSPS) is 11.4. The van der Waals surface area contributed by atoms with Gasteiger partial charge in [-0.15, -0.1) is 10.2 Å². The zero-order chi connectivity index (χ0) is 23.2. The number of aromatic nitrogens is 4. The lowest BCUT2D eigenvalue weighted by molar-refractivity contribution is -0.118. The number of carbonyl (C=O) groups excluding carboxylic acids is 1. The lowest BCUT2D eigenvalue weighted by Crippen LogP contribution is -2.21. The highest BCUT2D eigenvalue weighted by molar-refractivity contribution is 7.99. The van der Waals surface area contributed by atoms with Crippen molar-refractivity contribution in [2.24, 2.45) is 5.10 Å². The first-order chi connectivity index (χ1) is 16.0. The van der Waals surface area contributed by atoms with Gasteiger partial charge in [-0.05, 0) is 56.3 Å². The predicted molar refractivity (Wildman–Crippen MR) is 132 cm³/mol. The first kappa shape index (κ1) is 22.7. The maximum Gasteiger partial charge on any atom is 0.250 e. The lowest BCUT2D eigenvalue weighted by atomic mass is 10.2. The number of hydrogen-bond donors (Lipinski definition) is 1. The molecule has 0 unspecified atom stereocenters. The molecule has 4 aromatic rings. The van der Waals surface area contributed by atoms with E-state index in [9.17, 15) is 4.79 Å². The molecule has 2 aromatic heterocycles. The zero-order valence-electron chi connectivity index (χ0n) is 18.1. The van der Waals surface area contributed by atoms with E-state index in [1.807, 2.05) is 79.1 Å². The number of nitrogens with zero attached hydrogens (tertiary/aromatic N) is 5. The van der Waals surface area contributed by atoms with Crippen molar-refractivity contribution in [2.45, 2.75) is 19.0 Å². The van der Waals surface area contributed by atoms with Gasteiger partial charge < -0.3 is 0 Å². The first-order valence-electron chi connectivity index (χ1n) is 10.2. The van der Waals surface area contributed by atoms with Gasteiger partial charge in [0.15, 0.2) is 11.0 Å². The molecule has 0 aliphatic heterocycles. The number of amides is 1. The maximum atomic E-state index is 12.4. The summed E-state index contributed by atoms with van der Waals surface area (Å²) in [7, 11) is 0. The number of benzene rings is 2. The third-order valence-corrected chi connectivity index (χ3v) is 5.97. The van der Waals surface area contributed by atoms with Crippen molar-refractivity contribution in [1.82, 2.24) is 25.2 Å². The topological polar surface area (TPSA) is 85.1 Å². The van der Waals surface area contributed by atoms with Crippen molar-refractivity contribution in [3.05, 3.63) is 89.2 Å². The molecule has 1 N–H and O–H groups in total. The summed E-state index contributed by atoms with van der Waals surface area (Å²) in [6.45, 7) is 3.85. The van der Waals surface area contributed by atoms with Crippen molar-refractivity contribution in [2.75, 3.05) is 5.75 Å². The molecule has 0 saturated carbocycles. The minimum atomic E-state index is -0.241. The van der Waals surface area contributed by atoms with Gasteiger partial charge >= 0.3 is 0 Å². The summed E-state index contributed by atoms with van der Waals surface area (Å²) in [6, 6.07) is 19.2. The molecule has 0 atom stereocenters. The van der Waals surface area contributed by atoms with Crippen LogP contribution in [0.15, 0.2) is 83.3 Å². The molecule has 33 heavy (non-hydrogen) atoms. The van der Waals surface area contributed by atoms with Gasteiger partial charge in [0.05, 0.1) is 11.5 Å². The number of rotatable bonds is 7. The van der Waals surface area contributed by atoms with Crippen LogP contribution in [0.4, 0.5) is 0 Å². The molecule has 0 aliphatic carbocycles. The lowest BCUT2D eigenvalue weighted by Gasteiger charge is -2.11. The van der Waals surface area contributed by atoms with Crippen molar-refractivity contribution >= 4 is 35.0 Å². The van der Waals surface area contributed by atoms with E-state index in [0.717, 1.165) is 22.4 Å². The minimum absolute atomic E-state index is 0.133. The number of hydrogen-bond acceptors (Lipinski definition) is 6. The van der Waals surface area contributed by atoms with Crippen LogP contribution in [-0.2, 0) is 4.79 Å². The van der Waals surface area contributed by atoms with Gasteiger partial charge in [-0.2, -0.15) is 5.10 Å². The number of carbonyl (C=O) groups is 1. The molecule has 0 fully saturated rings. The smallest absolute Gasteiger partial charge is 0.250 e. The highest BCUT2D eigenvalue weighted by Gasteiger charge is 2.17. The molecule has 0 spiro atoms. The summed E-state index contributed by atoms with van der Waals surface area (Å²) in [5.74, 6) is 0.563. The van der Waals surface area contributed by atoms with E-state index in [1.165, 1.54) is 11.8 Å². The molecule has 166 valence electrons. The summed E-state index contributed by atoms with van der Waals surface area (Å²) < 4.78 is 1.94. The Kier molecular flexibility index (Phi) is 7.16. The number of nitrogens with one attached hydrogen (secondary N) is 1. The van der Waals surface area contributed by atoms with E-state index < -0.39 is 0 Å². The van der Waals surface area contributed by atoms with Crippen LogP contribution in [0.5, 0.6) is 0 Å². The second kappa shape index (κ2) is 10.4. The van der Waals surface area contributed by atoms with Gasteiger partial charge in [0.1, 0.15) is 0 Å². The molecule has 4 rings (SSSR count). The largest absolute Gasteiger partial charge is 0.272 e. The van der Waals surface area contributed by atoms with Crippen molar-refractivity contribution in [1.29, 1.82) is 0 Å². The molecule has 2 heterocycles. The van der Waals surface area contributed by atoms with Gasteiger partial charge in [-0.3, -0.25) is 14.3 Å². The van der Waals surface area contributed by atoms with Gasteiger partial charge in [0.25, 0.3) is 5.91 Å². The Morgan fingerprint density at radius 3 is 2.55 bits per heavy atom. The molecule has 1 amide bonds. The minimum Gasteiger partial charge on any atom is -0.272 e. The standard InChI is InChI=1S/C24H21ClN6OS/c1-16-5-11-21(12-6-16)31-23(18-7-9-20(25)10-8-18)29-30-24(31)33-15-22(32)28-27-17(2)19-4-3-13-26-14-19/h3-14H,15H2,1-2H3,(H,28,32)/b27-17-. The molecule has 0 aliphatic rings. The van der Waals surface area contributed by atoms with Crippen molar-refractivity contribution < 1.29 is 4.79 Å². The Morgan fingerprint density at radius 1 is 1.09 bits per heavy atom. The fraction of sp³-hybridized carbons (Fsp3) is 0.125. The summed E-state index contributed by atoms with van der Waals surface area (Å²) >= 11 is 7.34. The van der Waals surface area contributed by atoms with Crippen LogP contribution in [0.2, 0.25) is 5.02 Å². The number of hydrazone groups is 1. The maximum absolute atomic E-state index is 12.4. The van der Waals surface area contributed by atoms with Crippen molar-refractivity contribution in [3.63, 3.8) is 0 Å². The van der Waals surface area contributed by atoms with Gasteiger partial charge in [-0.25, -0.2) is 5.43 Å². The van der Waals surface area contributed by atoms with Gasteiger partial charge in [-0.1, -0.05) is 47.1 Å². The number of aryl methyl sites for hydroxylation is 1. The Morgan fingerprint density at radius 2 is 1.85 bits per heavy atom. The van der Waals surface area contributed by atoms with E-state index in [0.29, 0.717) is 21.7 Å². The summed E-state index contributed by atoms with van der Waals surface area (Å²) in [5, 5.41) is 14.2. The highest BCUT2D eigenvalue weighted by atomic mass is 35.5. The molecule has 0 radical (unpaired) electrons. The fourth-order valence-electron chi connectivity index (χ4n) is 3.03. The van der Waals surface area contributed by atoms with Gasteiger partial charge in [0.2, 0.25) is 0 Å². The van der Waals surface area contributed by atoms with E-state index in [2.05, 4.69) is 25.7 Å². The molecule has 0 saturated heterocycles. The van der Waals surface area contributed by atoms with Crippen LogP contribution in [0.3, 0.4) is 0 Å². The van der Waals surface area contributed by atoms with Crippen molar-refractivity contribution in [3.8, 4) is 17.1 Å². The number of thioether (sulfide) groups is 1. The highest BCUT2D eigenvalue weighted by Crippen LogP contribution is 2.28. The van der Waals surface area contributed by atoms with Crippen LogP contribution in [-0.4, -0.2) is 37.1 Å². The second-order valence-electron chi connectivity index (χ2n) is 7.25. The molecule has 7 nitrogen and oxygen atoms in total. The Labute approximate surface area is 200 Å². The second-order valence-corrected chi connectivity index (χ2v) is 8.63. The quantitative estimate of drug-likeness (QED) is 0.232. The van der Waals surface area contributed by atoms with E-state index in [4.69, 9.17) is 11.6 Å².